The normalized spacial score (nSPS) is 12.4. The summed E-state index contributed by atoms with van der Waals surface area (Å²) in [4.78, 5) is 5.37. The summed E-state index contributed by atoms with van der Waals surface area (Å²) in [6.07, 6.45) is 0.808. The third-order valence-electron chi connectivity index (χ3n) is 2.79. The van der Waals surface area contributed by atoms with Crippen molar-refractivity contribution >= 4 is 27.6 Å². The molecule has 0 atom stereocenters. The van der Waals surface area contributed by atoms with E-state index in [-0.39, 0.29) is 5.41 Å². The van der Waals surface area contributed by atoms with Gasteiger partial charge in [0.15, 0.2) is 10.8 Å². The first-order valence-electron chi connectivity index (χ1n) is 6.36. The summed E-state index contributed by atoms with van der Waals surface area (Å²) in [6.45, 7) is 6.92. The van der Waals surface area contributed by atoms with Gasteiger partial charge in [0.05, 0.1) is 5.01 Å². The summed E-state index contributed by atoms with van der Waals surface area (Å²) < 4.78 is 1.82. The maximum atomic E-state index is 5.55. The second-order valence-electron chi connectivity index (χ2n) is 5.54. The van der Waals surface area contributed by atoms with Gasteiger partial charge in [-0.25, -0.2) is 4.98 Å². The standard InChI is InChI=1S/C12H16N6S2/c1-12(2,3)10-15-16-11-18(10)17-9(20-11)7-6-19-8(14-7)4-5-13/h6H,4-5,13H2,1-3H3. The zero-order chi connectivity index (χ0) is 14.3. The van der Waals surface area contributed by atoms with Crippen LogP contribution in [0.2, 0.25) is 0 Å². The lowest BCUT2D eigenvalue weighted by Crippen LogP contribution is -2.16. The number of hydrogen-bond donors (Lipinski definition) is 1. The first kappa shape index (κ1) is 13.6. The lowest BCUT2D eigenvalue weighted by molar-refractivity contribution is 0.528. The molecule has 0 spiro atoms. The summed E-state index contributed by atoms with van der Waals surface area (Å²) in [5, 5.41) is 17.0. The number of rotatable bonds is 3. The van der Waals surface area contributed by atoms with Gasteiger partial charge in [0, 0.05) is 17.2 Å². The van der Waals surface area contributed by atoms with Gasteiger partial charge in [0.1, 0.15) is 5.69 Å². The molecule has 2 N–H and O–H groups in total. The molecule has 0 radical (unpaired) electrons. The van der Waals surface area contributed by atoms with Gasteiger partial charge in [-0.3, -0.25) is 0 Å². The summed E-state index contributed by atoms with van der Waals surface area (Å²) in [5.74, 6) is 0.868. The quantitative estimate of drug-likeness (QED) is 0.801. The van der Waals surface area contributed by atoms with Crippen molar-refractivity contribution in [1.82, 2.24) is 24.8 Å². The molecule has 0 saturated carbocycles. The smallest absolute Gasteiger partial charge is 0.235 e. The van der Waals surface area contributed by atoms with Crippen LogP contribution in [0.25, 0.3) is 15.7 Å². The highest BCUT2D eigenvalue weighted by molar-refractivity contribution is 7.20. The van der Waals surface area contributed by atoms with Crippen LogP contribution >= 0.6 is 22.7 Å². The lowest BCUT2D eigenvalue weighted by atomic mass is 9.96. The molecule has 20 heavy (non-hydrogen) atoms. The molecule has 0 bridgehead atoms. The summed E-state index contributed by atoms with van der Waals surface area (Å²) >= 11 is 3.13. The number of fused-ring (bicyclic) bond motifs is 1. The van der Waals surface area contributed by atoms with Crippen molar-refractivity contribution < 1.29 is 0 Å². The molecule has 8 heteroatoms. The highest BCUT2D eigenvalue weighted by atomic mass is 32.1. The minimum Gasteiger partial charge on any atom is -0.330 e. The average molecular weight is 308 g/mol. The molecule has 0 saturated heterocycles. The van der Waals surface area contributed by atoms with Gasteiger partial charge in [0.25, 0.3) is 0 Å². The maximum Gasteiger partial charge on any atom is 0.235 e. The van der Waals surface area contributed by atoms with E-state index in [1.165, 1.54) is 11.3 Å². The van der Waals surface area contributed by atoms with Gasteiger partial charge < -0.3 is 5.73 Å². The van der Waals surface area contributed by atoms with Gasteiger partial charge in [-0.15, -0.1) is 21.5 Å². The van der Waals surface area contributed by atoms with Crippen LogP contribution in [0.3, 0.4) is 0 Å². The number of aromatic nitrogens is 5. The van der Waals surface area contributed by atoms with E-state index >= 15 is 0 Å². The average Bonchev–Trinajstić information content (AvgIpc) is 2.98. The third-order valence-corrected chi connectivity index (χ3v) is 4.62. The highest BCUT2D eigenvalue weighted by Gasteiger charge is 2.24. The Morgan fingerprint density at radius 2 is 2.10 bits per heavy atom. The fourth-order valence-electron chi connectivity index (χ4n) is 1.84. The van der Waals surface area contributed by atoms with Crippen molar-refractivity contribution in [3.63, 3.8) is 0 Å². The topological polar surface area (TPSA) is 82.0 Å². The van der Waals surface area contributed by atoms with Crippen LogP contribution in [0.15, 0.2) is 5.38 Å². The molecule has 0 aromatic carbocycles. The van der Waals surface area contributed by atoms with Crippen molar-refractivity contribution in [2.75, 3.05) is 6.54 Å². The fourth-order valence-corrected chi connectivity index (χ4v) is 3.51. The van der Waals surface area contributed by atoms with Crippen LogP contribution in [-0.2, 0) is 11.8 Å². The Morgan fingerprint density at radius 1 is 1.30 bits per heavy atom. The van der Waals surface area contributed by atoms with E-state index in [0.717, 1.165) is 32.9 Å². The molecule has 6 nitrogen and oxygen atoms in total. The monoisotopic (exact) mass is 308 g/mol. The van der Waals surface area contributed by atoms with Crippen LogP contribution < -0.4 is 5.73 Å². The van der Waals surface area contributed by atoms with Gasteiger partial charge in [0.2, 0.25) is 4.96 Å². The Morgan fingerprint density at radius 3 is 2.80 bits per heavy atom. The second-order valence-corrected chi connectivity index (χ2v) is 7.44. The maximum absolute atomic E-state index is 5.55. The van der Waals surface area contributed by atoms with E-state index in [1.54, 1.807) is 11.3 Å². The van der Waals surface area contributed by atoms with E-state index in [9.17, 15) is 0 Å². The fraction of sp³-hybridized carbons (Fsp3) is 0.500. The van der Waals surface area contributed by atoms with Gasteiger partial charge in [-0.2, -0.15) is 9.61 Å². The summed E-state index contributed by atoms with van der Waals surface area (Å²) in [7, 11) is 0. The number of nitrogens with zero attached hydrogens (tertiary/aromatic N) is 5. The van der Waals surface area contributed by atoms with Crippen molar-refractivity contribution in [2.45, 2.75) is 32.6 Å². The van der Waals surface area contributed by atoms with E-state index in [1.807, 2.05) is 9.90 Å². The van der Waals surface area contributed by atoms with Crippen molar-refractivity contribution in [3.8, 4) is 10.7 Å². The molecule has 0 aliphatic carbocycles. The van der Waals surface area contributed by atoms with E-state index in [0.29, 0.717) is 6.54 Å². The number of nitrogens with two attached hydrogens (primary N) is 1. The summed E-state index contributed by atoms with van der Waals surface area (Å²) in [5.41, 5.74) is 6.36. The number of hydrogen-bond acceptors (Lipinski definition) is 7. The highest BCUT2D eigenvalue weighted by Crippen LogP contribution is 2.29. The lowest BCUT2D eigenvalue weighted by Gasteiger charge is -2.13. The molecule has 0 unspecified atom stereocenters. The van der Waals surface area contributed by atoms with Crippen LogP contribution in [-0.4, -0.2) is 31.3 Å². The van der Waals surface area contributed by atoms with Gasteiger partial charge >= 0.3 is 0 Å². The Hall–Kier alpha value is -1.38. The van der Waals surface area contributed by atoms with Gasteiger partial charge in [-0.05, 0) is 6.54 Å². The molecule has 3 rings (SSSR count). The first-order valence-corrected chi connectivity index (χ1v) is 8.06. The Kier molecular flexibility index (Phi) is 3.31. The van der Waals surface area contributed by atoms with E-state index < -0.39 is 0 Å². The van der Waals surface area contributed by atoms with Crippen LogP contribution in [0.4, 0.5) is 0 Å². The molecule has 0 aliphatic heterocycles. The SMILES string of the molecule is CC(C)(C)c1nnc2sc(-c3csc(CCN)n3)nn12. The molecule has 0 aliphatic rings. The van der Waals surface area contributed by atoms with E-state index in [2.05, 4.69) is 41.1 Å². The molecule has 106 valence electrons. The molecular weight excluding hydrogens is 292 g/mol. The zero-order valence-electron chi connectivity index (χ0n) is 11.6. The molecule has 0 fully saturated rings. The Labute approximate surface area is 124 Å². The largest absolute Gasteiger partial charge is 0.330 e. The Balaban J connectivity index is 2.02. The summed E-state index contributed by atoms with van der Waals surface area (Å²) in [6, 6.07) is 0. The van der Waals surface area contributed by atoms with Crippen molar-refractivity contribution in [2.24, 2.45) is 5.73 Å². The first-order chi connectivity index (χ1) is 9.49. The van der Waals surface area contributed by atoms with Gasteiger partial charge in [-0.1, -0.05) is 32.1 Å². The molecule has 0 amide bonds. The Bertz CT molecular complexity index is 733. The molecule has 3 aromatic rings. The minimum absolute atomic E-state index is 0.0858. The van der Waals surface area contributed by atoms with Crippen LogP contribution in [0.1, 0.15) is 31.6 Å². The predicted octanol–water partition coefficient (Wildman–Crippen LogP) is 2.11. The molecular formula is C12H16N6S2. The molecule has 3 heterocycles. The number of thiazole rings is 1. The van der Waals surface area contributed by atoms with E-state index in [4.69, 9.17) is 5.73 Å². The third kappa shape index (κ3) is 2.34. The van der Waals surface area contributed by atoms with Crippen LogP contribution in [0.5, 0.6) is 0 Å². The molecule has 3 aromatic heterocycles. The van der Waals surface area contributed by atoms with Crippen LogP contribution in [0, 0.1) is 0 Å². The second kappa shape index (κ2) is 4.87. The predicted molar refractivity (Wildman–Crippen MR) is 81.2 cm³/mol. The zero-order valence-corrected chi connectivity index (χ0v) is 13.3. The van der Waals surface area contributed by atoms with Crippen molar-refractivity contribution in [3.05, 3.63) is 16.2 Å². The minimum atomic E-state index is -0.0858. The van der Waals surface area contributed by atoms with Crippen molar-refractivity contribution in [1.29, 1.82) is 0 Å².